The van der Waals surface area contributed by atoms with Crippen molar-refractivity contribution in [3.8, 4) is 0 Å². The topological polar surface area (TPSA) is 67.0 Å². The minimum atomic E-state index is -4.82. The van der Waals surface area contributed by atoms with E-state index in [-0.39, 0.29) is 10.8 Å². The lowest BCUT2D eigenvalue weighted by atomic mass is 10.2. The van der Waals surface area contributed by atoms with E-state index in [1.165, 1.54) is 18.2 Å². The number of benzene rings is 1. The lowest BCUT2D eigenvalue weighted by Gasteiger charge is -2.00. The van der Waals surface area contributed by atoms with Crippen molar-refractivity contribution in [2.24, 2.45) is 0 Å². The number of aromatic amines is 1. The lowest BCUT2D eigenvalue weighted by Crippen LogP contribution is -2.08. The van der Waals surface area contributed by atoms with Gasteiger partial charge in [-0.25, -0.2) is 0 Å². The van der Waals surface area contributed by atoms with Crippen molar-refractivity contribution in [1.29, 1.82) is 0 Å². The average Bonchev–Trinajstić information content (AvgIpc) is 2.17. The van der Waals surface area contributed by atoms with Gasteiger partial charge in [0.2, 0.25) is 0 Å². The van der Waals surface area contributed by atoms with Crippen LogP contribution in [0.4, 0.5) is 3.89 Å². The fourth-order valence-electron chi connectivity index (χ4n) is 1.38. The molecule has 1 N–H and O–H groups in total. The van der Waals surface area contributed by atoms with E-state index in [4.69, 9.17) is 0 Å². The van der Waals surface area contributed by atoms with Crippen molar-refractivity contribution in [3.05, 3.63) is 40.8 Å². The number of hydrogen-bond acceptors (Lipinski definition) is 3. The number of halogens is 1. The zero-order valence-electron chi connectivity index (χ0n) is 7.40. The molecule has 0 aliphatic rings. The first-order valence-electron chi connectivity index (χ1n) is 4.05. The summed E-state index contributed by atoms with van der Waals surface area (Å²) in [7, 11) is -4.82. The highest BCUT2D eigenvalue weighted by Gasteiger charge is 2.16. The molecule has 0 spiro atoms. The van der Waals surface area contributed by atoms with Gasteiger partial charge in [-0.2, -0.15) is 8.42 Å². The normalized spacial score (nSPS) is 11.8. The fraction of sp³-hybridized carbons (Fsp3) is 0. The lowest BCUT2D eigenvalue weighted by molar-refractivity contribution is 0.552. The molecule has 0 unspecified atom stereocenters. The standard InChI is InChI=1S/C9H6FNO3S/c10-15(13,14)8-5-11-9(12)7-4-2-1-3-6(7)8/h1-5H,(H,11,12). The van der Waals surface area contributed by atoms with Gasteiger partial charge in [-0.1, -0.05) is 18.2 Å². The second kappa shape index (κ2) is 3.16. The molecule has 1 heterocycles. The Balaban J connectivity index is 3.03. The smallest absolute Gasteiger partial charge is 0.327 e. The van der Waals surface area contributed by atoms with Crippen LogP contribution in [0.25, 0.3) is 10.8 Å². The van der Waals surface area contributed by atoms with Crippen LogP contribution < -0.4 is 5.56 Å². The molecule has 1 aromatic carbocycles. The van der Waals surface area contributed by atoms with E-state index in [0.717, 1.165) is 6.20 Å². The van der Waals surface area contributed by atoms with Gasteiger partial charge in [0.05, 0.1) is 0 Å². The Morgan fingerprint density at radius 2 is 1.73 bits per heavy atom. The van der Waals surface area contributed by atoms with E-state index in [1.54, 1.807) is 6.07 Å². The molecule has 0 radical (unpaired) electrons. The highest BCUT2D eigenvalue weighted by molar-refractivity contribution is 7.86. The first-order valence-corrected chi connectivity index (χ1v) is 5.43. The molecular formula is C9H6FNO3S. The first kappa shape index (κ1) is 9.85. The van der Waals surface area contributed by atoms with Crippen molar-refractivity contribution >= 4 is 21.0 Å². The van der Waals surface area contributed by atoms with Gasteiger partial charge in [-0.05, 0) is 6.07 Å². The van der Waals surface area contributed by atoms with Crippen LogP contribution in [-0.4, -0.2) is 13.4 Å². The predicted octanol–water partition coefficient (Wildman–Crippen LogP) is 1.19. The second-order valence-electron chi connectivity index (χ2n) is 2.97. The minimum Gasteiger partial charge on any atom is -0.327 e. The largest absolute Gasteiger partial charge is 0.334 e. The van der Waals surface area contributed by atoms with Gasteiger partial charge in [0.15, 0.2) is 0 Å². The van der Waals surface area contributed by atoms with Crippen molar-refractivity contribution in [1.82, 2.24) is 4.98 Å². The summed E-state index contributed by atoms with van der Waals surface area (Å²) < 4.78 is 34.4. The fourth-order valence-corrected chi connectivity index (χ4v) is 2.02. The van der Waals surface area contributed by atoms with Crippen molar-refractivity contribution in [2.45, 2.75) is 4.90 Å². The van der Waals surface area contributed by atoms with Crippen molar-refractivity contribution in [2.75, 3.05) is 0 Å². The molecule has 2 aromatic rings. The Labute approximate surface area is 84.6 Å². The van der Waals surface area contributed by atoms with E-state index >= 15 is 0 Å². The van der Waals surface area contributed by atoms with Gasteiger partial charge in [-0.3, -0.25) is 4.79 Å². The van der Waals surface area contributed by atoms with E-state index < -0.39 is 20.7 Å². The maximum atomic E-state index is 12.8. The molecule has 0 saturated carbocycles. The Bertz CT molecular complexity index is 675. The quantitative estimate of drug-likeness (QED) is 0.744. The van der Waals surface area contributed by atoms with Gasteiger partial charge in [0, 0.05) is 17.0 Å². The molecule has 15 heavy (non-hydrogen) atoms. The third-order valence-corrected chi connectivity index (χ3v) is 2.90. The molecule has 0 atom stereocenters. The van der Waals surface area contributed by atoms with Crippen LogP contribution in [-0.2, 0) is 10.2 Å². The number of H-pyrrole nitrogens is 1. The maximum Gasteiger partial charge on any atom is 0.334 e. The third-order valence-electron chi connectivity index (χ3n) is 2.03. The number of pyridine rings is 1. The molecule has 2 rings (SSSR count). The van der Waals surface area contributed by atoms with E-state index in [2.05, 4.69) is 4.98 Å². The number of aromatic nitrogens is 1. The molecule has 1 aromatic heterocycles. The van der Waals surface area contributed by atoms with Crippen LogP contribution in [0.5, 0.6) is 0 Å². The van der Waals surface area contributed by atoms with Crippen LogP contribution in [0.15, 0.2) is 40.2 Å². The monoisotopic (exact) mass is 227 g/mol. The number of fused-ring (bicyclic) bond motifs is 1. The highest BCUT2D eigenvalue weighted by atomic mass is 32.3. The molecule has 0 aliphatic heterocycles. The molecule has 0 aliphatic carbocycles. The third kappa shape index (κ3) is 1.63. The number of nitrogens with one attached hydrogen (secondary N) is 1. The zero-order chi connectivity index (χ0) is 11.1. The molecule has 0 fully saturated rings. The molecule has 0 saturated heterocycles. The van der Waals surface area contributed by atoms with Gasteiger partial charge in [0.1, 0.15) is 4.90 Å². The molecule has 0 bridgehead atoms. The van der Waals surface area contributed by atoms with Crippen molar-refractivity contribution in [3.63, 3.8) is 0 Å². The Morgan fingerprint density at radius 3 is 2.33 bits per heavy atom. The van der Waals surface area contributed by atoms with Crippen LogP contribution >= 0.6 is 0 Å². The molecular weight excluding hydrogens is 221 g/mol. The molecule has 4 nitrogen and oxygen atoms in total. The van der Waals surface area contributed by atoms with Gasteiger partial charge in [-0.15, -0.1) is 3.89 Å². The Morgan fingerprint density at radius 1 is 1.13 bits per heavy atom. The Kier molecular flexibility index (Phi) is 2.08. The van der Waals surface area contributed by atoms with Gasteiger partial charge < -0.3 is 4.98 Å². The van der Waals surface area contributed by atoms with E-state index in [0.29, 0.717) is 0 Å². The summed E-state index contributed by atoms with van der Waals surface area (Å²) in [6.45, 7) is 0. The maximum absolute atomic E-state index is 12.8. The summed E-state index contributed by atoms with van der Waals surface area (Å²) in [6.07, 6.45) is 0.861. The Hall–Kier alpha value is -1.69. The van der Waals surface area contributed by atoms with E-state index in [1.807, 2.05) is 0 Å². The first-order chi connectivity index (χ1) is 7.00. The summed E-state index contributed by atoms with van der Waals surface area (Å²) in [4.78, 5) is 12.9. The van der Waals surface area contributed by atoms with Crippen LogP contribution in [0.1, 0.15) is 0 Å². The van der Waals surface area contributed by atoms with Crippen molar-refractivity contribution < 1.29 is 12.3 Å². The zero-order valence-corrected chi connectivity index (χ0v) is 8.21. The highest BCUT2D eigenvalue weighted by Crippen LogP contribution is 2.20. The van der Waals surface area contributed by atoms with Crippen LogP contribution in [0.2, 0.25) is 0 Å². The summed E-state index contributed by atoms with van der Waals surface area (Å²) >= 11 is 0. The minimum absolute atomic E-state index is 0.0868. The molecule has 78 valence electrons. The summed E-state index contributed by atoms with van der Waals surface area (Å²) in [5.74, 6) is 0. The SMILES string of the molecule is O=c1[nH]cc(S(=O)(=O)F)c2ccccc12. The second-order valence-corrected chi connectivity index (χ2v) is 4.28. The summed E-state index contributed by atoms with van der Waals surface area (Å²) in [5, 5.41) is 0.236. The average molecular weight is 227 g/mol. The summed E-state index contributed by atoms with van der Waals surface area (Å²) in [5.41, 5.74) is -0.446. The number of hydrogen-bond donors (Lipinski definition) is 1. The number of rotatable bonds is 1. The predicted molar refractivity (Wildman–Crippen MR) is 52.9 cm³/mol. The molecule has 0 amide bonds. The van der Waals surface area contributed by atoms with E-state index in [9.17, 15) is 17.1 Å². The van der Waals surface area contributed by atoms with Gasteiger partial charge >= 0.3 is 10.2 Å². The van der Waals surface area contributed by atoms with Gasteiger partial charge in [0.25, 0.3) is 5.56 Å². The molecule has 6 heteroatoms. The summed E-state index contributed by atoms with van der Waals surface area (Å²) in [6, 6.07) is 5.93. The van der Waals surface area contributed by atoms with Crippen LogP contribution in [0.3, 0.4) is 0 Å². The van der Waals surface area contributed by atoms with Crippen LogP contribution in [0, 0.1) is 0 Å².